The molecule has 0 atom stereocenters. The van der Waals surface area contributed by atoms with Crippen molar-refractivity contribution in [1.82, 2.24) is 4.90 Å². The minimum atomic E-state index is -0.360. The van der Waals surface area contributed by atoms with E-state index in [1.807, 2.05) is 12.1 Å². The van der Waals surface area contributed by atoms with Crippen LogP contribution in [0.1, 0.15) is 18.4 Å². The molecule has 1 aliphatic heterocycles. The fourth-order valence-electron chi connectivity index (χ4n) is 2.52. The standard InChI is InChI=1S/C14H21N3O2.ClH/c15-11-13-6-9-16(10-7-13)8-5-12-1-3-14(4-2-12)17(18)19;/h1-4,13H,5-11,15H2;1H. The molecule has 6 heteroatoms. The Bertz CT molecular complexity index is 417. The summed E-state index contributed by atoms with van der Waals surface area (Å²) in [6.45, 7) is 4.06. The second-order valence-electron chi connectivity index (χ2n) is 5.19. The van der Waals surface area contributed by atoms with Crippen molar-refractivity contribution in [3.63, 3.8) is 0 Å². The van der Waals surface area contributed by atoms with Crippen molar-refractivity contribution in [3.8, 4) is 0 Å². The predicted octanol–water partition coefficient (Wildman–Crippen LogP) is 2.23. The SMILES string of the molecule is Cl.NCC1CCN(CCc2ccc([N+](=O)[O-])cc2)CC1. The summed E-state index contributed by atoms with van der Waals surface area (Å²) in [6.07, 6.45) is 3.33. The summed E-state index contributed by atoms with van der Waals surface area (Å²) in [5.41, 5.74) is 7.00. The van der Waals surface area contributed by atoms with Gasteiger partial charge in [-0.15, -0.1) is 12.4 Å². The molecule has 2 N–H and O–H groups in total. The van der Waals surface area contributed by atoms with E-state index in [-0.39, 0.29) is 23.0 Å². The molecule has 0 aliphatic carbocycles. The Kier molecular flexibility index (Phi) is 6.91. The average molecular weight is 300 g/mol. The molecule has 5 nitrogen and oxygen atoms in total. The van der Waals surface area contributed by atoms with E-state index in [0.717, 1.165) is 38.2 Å². The lowest BCUT2D eigenvalue weighted by Gasteiger charge is -2.31. The number of hydrogen-bond donors (Lipinski definition) is 1. The molecular weight excluding hydrogens is 278 g/mol. The number of nitrogens with two attached hydrogens (primary N) is 1. The number of halogens is 1. The first-order valence-corrected chi connectivity index (χ1v) is 6.85. The average Bonchev–Trinajstić information content (AvgIpc) is 2.46. The van der Waals surface area contributed by atoms with Crippen LogP contribution in [0.3, 0.4) is 0 Å². The van der Waals surface area contributed by atoms with Crippen molar-refractivity contribution in [2.24, 2.45) is 11.7 Å². The molecule has 0 saturated carbocycles. The number of rotatable bonds is 5. The third-order valence-electron chi connectivity index (χ3n) is 3.90. The van der Waals surface area contributed by atoms with E-state index in [2.05, 4.69) is 4.90 Å². The fraction of sp³-hybridized carbons (Fsp3) is 0.571. The number of likely N-dealkylation sites (tertiary alicyclic amines) is 1. The largest absolute Gasteiger partial charge is 0.330 e. The maximum Gasteiger partial charge on any atom is 0.269 e. The number of piperidine rings is 1. The molecule has 1 saturated heterocycles. The first-order valence-electron chi connectivity index (χ1n) is 6.85. The molecule has 0 unspecified atom stereocenters. The van der Waals surface area contributed by atoms with Gasteiger partial charge in [-0.05, 0) is 50.4 Å². The number of non-ortho nitro benzene ring substituents is 1. The Morgan fingerprint density at radius 3 is 2.35 bits per heavy atom. The van der Waals surface area contributed by atoms with E-state index in [9.17, 15) is 10.1 Å². The molecule has 0 bridgehead atoms. The number of benzene rings is 1. The number of nitro groups is 1. The molecule has 0 amide bonds. The third kappa shape index (κ3) is 4.74. The first kappa shape index (κ1) is 16.9. The lowest BCUT2D eigenvalue weighted by atomic mass is 9.97. The molecule has 1 aromatic carbocycles. The quantitative estimate of drug-likeness (QED) is 0.668. The Balaban J connectivity index is 0.00000200. The molecule has 112 valence electrons. The van der Waals surface area contributed by atoms with Crippen LogP contribution in [0, 0.1) is 16.0 Å². The van der Waals surface area contributed by atoms with Crippen molar-refractivity contribution < 1.29 is 4.92 Å². The van der Waals surface area contributed by atoms with Crippen LogP contribution in [0.5, 0.6) is 0 Å². The Morgan fingerprint density at radius 2 is 1.85 bits per heavy atom. The van der Waals surface area contributed by atoms with Gasteiger partial charge in [0, 0.05) is 18.7 Å². The zero-order chi connectivity index (χ0) is 13.7. The van der Waals surface area contributed by atoms with Crippen LogP contribution in [0.15, 0.2) is 24.3 Å². The number of nitrogens with zero attached hydrogens (tertiary/aromatic N) is 2. The highest BCUT2D eigenvalue weighted by atomic mass is 35.5. The van der Waals surface area contributed by atoms with Gasteiger partial charge in [0.2, 0.25) is 0 Å². The molecule has 0 radical (unpaired) electrons. The van der Waals surface area contributed by atoms with Gasteiger partial charge in [0.15, 0.2) is 0 Å². The highest BCUT2D eigenvalue weighted by molar-refractivity contribution is 5.85. The topological polar surface area (TPSA) is 72.4 Å². The lowest BCUT2D eigenvalue weighted by Crippen LogP contribution is -2.37. The molecule has 0 aromatic heterocycles. The van der Waals surface area contributed by atoms with Crippen LogP contribution in [0.2, 0.25) is 0 Å². The van der Waals surface area contributed by atoms with Gasteiger partial charge < -0.3 is 10.6 Å². The molecule has 0 spiro atoms. The summed E-state index contributed by atoms with van der Waals surface area (Å²) < 4.78 is 0. The van der Waals surface area contributed by atoms with Gasteiger partial charge in [-0.2, -0.15) is 0 Å². The van der Waals surface area contributed by atoms with Crippen molar-refractivity contribution in [2.45, 2.75) is 19.3 Å². The van der Waals surface area contributed by atoms with Gasteiger partial charge >= 0.3 is 0 Å². The minimum Gasteiger partial charge on any atom is -0.330 e. The van der Waals surface area contributed by atoms with E-state index in [4.69, 9.17) is 5.73 Å². The van der Waals surface area contributed by atoms with E-state index < -0.39 is 0 Å². The molecular formula is C14H22ClN3O2. The maximum atomic E-state index is 10.6. The molecule has 1 aliphatic rings. The fourth-order valence-corrected chi connectivity index (χ4v) is 2.52. The smallest absolute Gasteiger partial charge is 0.269 e. The molecule has 1 heterocycles. The zero-order valence-electron chi connectivity index (χ0n) is 11.5. The van der Waals surface area contributed by atoms with Gasteiger partial charge in [0.05, 0.1) is 4.92 Å². The second kappa shape index (κ2) is 8.19. The number of hydrogen-bond acceptors (Lipinski definition) is 4. The summed E-state index contributed by atoms with van der Waals surface area (Å²) in [7, 11) is 0. The highest BCUT2D eigenvalue weighted by Gasteiger charge is 2.17. The molecule has 2 rings (SSSR count). The van der Waals surface area contributed by atoms with Gasteiger partial charge in [0.25, 0.3) is 5.69 Å². The highest BCUT2D eigenvalue weighted by Crippen LogP contribution is 2.17. The lowest BCUT2D eigenvalue weighted by molar-refractivity contribution is -0.384. The van der Waals surface area contributed by atoms with Gasteiger partial charge in [-0.3, -0.25) is 10.1 Å². The van der Waals surface area contributed by atoms with E-state index >= 15 is 0 Å². The second-order valence-corrected chi connectivity index (χ2v) is 5.19. The third-order valence-corrected chi connectivity index (χ3v) is 3.90. The number of nitro benzene ring substituents is 1. The Labute approximate surface area is 125 Å². The van der Waals surface area contributed by atoms with E-state index in [1.54, 1.807) is 12.1 Å². The summed E-state index contributed by atoms with van der Waals surface area (Å²) in [4.78, 5) is 12.7. The van der Waals surface area contributed by atoms with Crippen molar-refractivity contribution in [2.75, 3.05) is 26.2 Å². The van der Waals surface area contributed by atoms with Crippen molar-refractivity contribution >= 4 is 18.1 Å². The molecule has 20 heavy (non-hydrogen) atoms. The predicted molar refractivity (Wildman–Crippen MR) is 82.3 cm³/mol. The van der Waals surface area contributed by atoms with Crippen molar-refractivity contribution in [1.29, 1.82) is 0 Å². The first-order chi connectivity index (χ1) is 9.19. The Morgan fingerprint density at radius 1 is 1.25 bits per heavy atom. The minimum absolute atomic E-state index is 0. The van der Waals surface area contributed by atoms with Crippen LogP contribution < -0.4 is 5.73 Å². The van der Waals surface area contributed by atoms with E-state index in [1.165, 1.54) is 12.8 Å². The summed E-state index contributed by atoms with van der Waals surface area (Å²) in [5, 5.41) is 10.6. The van der Waals surface area contributed by atoms with Crippen LogP contribution in [0.25, 0.3) is 0 Å². The Hall–Kier alpha value is -1.17. The summed E-state index contributed by atoms with van der Waals surface area (Å²) in [6, 6.07) is 6.86. The zero-order valence-corrected chi connectivity index (χ0v) is 12.3. The van der Waals surface area contributed by atoms with Gasteiger partial charge in [-0.25, -0.2) is 0 Å². The summed E-state index contributed by atoms with van der Waals surface area (Å²) in [5.74, 6) is 0.690. The monoisotopic (exact) mass is 299 g/mol. The summed E-state index contributed by atoms with van der Waals surface area (Å²) >= 11 is 0. The van der Waals surface area contributed by atoms with Crippen LogP contribution in [0.4, 0.5) is 5.69 Å². The van der Waals surface area contributed by atoms with E-state index in [0.29, 0.717) is 5.92 Å². The van der Waals surface area contributed by atoms with Crippen LogP contribution in [-0.2, 0) is 6.42 Å². The van der Waals surface area contributed by atoms with Gasteiger partial charge in [-0.1, -0.05) is 12.1 Å². The van der Waals surface area contributed by atoms with Crippen molar-refractivity contribution in [3.05, 3.63) is 39.9 Å². The van der Waals surface area contributed by atoms with Crippen LogP contribution >= 0.6 is 12.4 Å². The molecule has 1 fully saturated rings. The molecule has 1 aromatic rings. The maximum absolute atomic E-state index is 10.6. The normalized spacial score (nSPS) is 16.6. The van der Waals surface area contributed by atoms with Gasteiger partial charge in [0.1, 0.15) is 0 Å². The van der Waals surface area contributed by atoms with Crippen LogP contribution in [-0.4, -0.2) is 36.0 Å².